The Kier molecular flexibility index (Phi) is 8.06. The molecule has 0 spiro atoms. The molecule has 6 heteroatoms. The van der Waals surface area contributed by atoms with Crippen LogP contribution >= 0.6 is 0 Å². The number of benzene rings is 3. The van der Waals surface area contributed by atoms with Crippen LogP contribution in [0.1, 0.15) is 37.5 Å². The van der Waals surface area contributed by atoms with E-state index in [2.05, 4.69) is 47.1 Å². The molecule has 3 N–H and O–H groups in total. The van der Waals surface area contributed by atoms with Crippen LogP contribution in [0.15, 0.2) is 66.7 Å². The minimum absolute atomic E-state index is 0.162. The van der Waals surface area contributed by atoms with Crippen molar-refractivity contribution >= 4 is 28.6 Å². The Morgan fingerprint density at radius 3 is 2.23 bits per heavy atom. The standard InChI is InChI=1S/C29H33N3O3/c1-4-30-17-16-20-12-14-22(15-13-20)31-28(21-10-8-7-9-11-21)27-23-18-25(34-5-2)26(35-6-3)19-24(23)32-29(27)33/h7-15,18-19,30-31H,4-6,16-17H2,1-3H3,(H,32,33). The van der Waals surface area contributed by atoms with Gasteiger partial charge in [0.05, 0.1) is 30.2 Å². The molecule has 0 aliphatic carbocycles. The Balaban J connectivity index is 1.76. The van der Waals surface area contributed by atoms with E-state index in [0.717, 1.165) is 42.0 Å². The fourth-order valence-electron chi connectivity index (χ4n) is 4.15. The minimum Gasteiger partial charge on any atom is -0.490 e. The molecule has 6 nitrogen and oxygen atoms in total. The highest BCUT2D eigenvalue weighted by molar-refractivity contribution is 6.37. The summed E-state index contributed by atoms with van der Waals surface area (Å²) in [6.45, 7) is 8.90. The summed E-state index contributed by atoms with van der Waals surface area (Å²) in [4.78, 5) is 13.3. The molecule has 0 unspecified atom stereocenters. The second kappa shape index (κ2) is 11.6. The van der Waals surface area contributed by atoms with Gasteiger partial charge in [0.2, 0.25) is 0 Å². The lowest BCUT2D eigenvalue weighted by Gasteiger charge is -2.16. The van der Waals surface area contributed by atoms with Crippen molar-refractivity contribution in [1.82, 2.24) is 5.32 Å². The van der Waals surface area contributed by atoms with Crippen molar-refractivity contribution in [1.29, 1.82) is 0 Å². The van der Waals surface area contributed by atoms with Crippen LogP contribution in [0.25, 0.3) is 11.3 Å². The smallest absolute Gasteiger partial charge is 0.258 e. The number of hydrogen-bond donors (Lipinski definition) is 3. The maximum Gasteiger partial charge on any atom is 0.258 e. The van der Waals surface area contributed by atoms with Gasteiger partial charge in [-0.25, -0.2) is 0 Å². The zero-order chi connectivity index (χ0) is 24.6. The van der Waals surface area contributed by atoms with Gasteiger partial charge in [0.15, 0.2) is 11.5 Å². The van der Waals surface area contributed by atoms with E-state index in [1.807, 2.05) is 56.3 Å². The lowest BCUT2D eigenvalue weighted by molar-refractivity contribution is -0.110. The Morgan fingerprint density at radius 2 is 1.57 bits per heavy atom. The third kappa shape index (κ3) is 5.66. The van der Waals surface area contributed by atoms with Gasteiger partial charge in [0.25, 0.3) is 5.91 Å². The third-order valence-electron chi connectivity index (χ3n) is 5.80. The summed E-state index contributed by atoms with van der Waals surface area (Å²) in [7, 11) is 0. The van der Waals surface area contributed by atoms with Crippen molar-refractivity contribution < 1.29 is 14.3 Å². The molecular formula is C29H33N3O3. The van der Waals surface area contributed by atoms with Crippen LogP contribution in [0.2, 0.25) is 0 Å². The van der Waals surface area contributed by atoms with Gasteiger partial charge >= 0.3 is 0 Å². The average Bonchev–Trinajstić information content (AvgIpc) is 3.19. The molecule has 1 aliphatic heterocycles. The van der Waals surface area contributed by atoms with E-state index in [9.17, 15) is 4.79 Å². The molecule has 4 rings (SSSR count). The number of carbonyl (C=O) groups is 1. The fraction of sp³-hybridized carbons (Fsp3) is 0.276. The monoisotopic (exact) mass is 471 g/mol. The average molecular weight is 472 g/mol. The Bertz CT molecular complexity index is 1190. The number of anilines is 2. The number of fused-ring (bicyclic) bond motifs is 1. The van der Waals surface area contributed by atoms with Crippen molar-refractivity contribution in [3.05, 3.63) is 83.4 Å². The summed E-state index contributed by atoms with van der Waals surface area (Å²) in [6, 6.07) is 22.0. The number of amides is 1. The number of likely N-dealkylation sites (N-methyl/N-ethyl adjacent to an activating group) is 1. The Morgan fingerprint density at radius 1 is 0.886 bits per heavy atom. The molecule has 0 radical (unpaired) electrons. The lowest BCUT2D eigenvalue weighted by atomic mass is 9.99. The van der Waals surface area contributed by atoms with Gasteiger partial charge in [-0.1, -0.05) is 49.4 Å². The lowest BCUT2D eigenvalue weighted by Crippen LogP contribution is -2.16. The highest BCUT2D eigenvalue weighted by Crippen LogP contribution is 2.43. The van der Waals surface area contributed by atoms with Crippen molar-refractivity contribution in [2.45, 2.75) is 27.2 Å². The fourth-order valence-corrected chi connectivity index (χ4v) is 4.15. The van der Waals surface area contributed by atoms with Crippen molar-refractivity contribution in [3.8, 4) is 11.5 Å². The third-order valence-corrected chi connectivity index (χ3v) is 5.80. The van der Waals surface area contributed by atoms with Crippen LogP contribution in [0.4, 0.5) is 11.4 Å². The maximum absolute atomic E-state index is 13.3. The first-order valence-electron chi connectivity index (χ1n) is 12.3. The normalized spacial score (nSPS) is 13.7. The van der Waals surface area contributed by atoms with E-state index in [-0.39, 0.29) is 5.91 Å². The molecule has 1 heterocycles. The summed E-state index contributed by atoms with van der Waals surface area (Å²) >= 11 is 0. The van der Waals surface area contributed by atoms with Gasteiger partial charge in [-0.2, -0.15) is 0 Å². The number of ether oxygens (including phenoxy) is 2. The van der Waals surface area contributed by atoms with Gasteiger partial charge in [0, 0.05) is 17.3 Å². The molecule has 182 valence electrons. The van der Waals surface area contributed by atoms with Gasteiger partial charge in [-0.05, 0) is 62.7 Å². The first kappa shape index (κ1) is 24.4. The predicted octanol–water partition coefficient (Wildman–Crippen LogP) is 5.57. The number of nitrogens with one attached hydrogen (secondary N) is 3. The van der Waals surface area contributed by atoms with Crippen LogP contribution in [0.3, 0.4) is 0 Å². The van der Waals surface area contributed by atoms with E-state index in [0.29, 0.717) is 36.0 Å². The van der Waals surface area contributed by atoms with E-state index < -0.39 is 0 Å². The quantitative estimate of drug-likeness (QED) is 0.252. The van der Waals surface area contributed by atoms with Crippen LogP contribution in [-0.4, -0.2) is 32.2 Å². The van der Waals surface area contributed by atoms with E-state index in [1.165, 1.54) is 5.56 Å². The molecule has 1 aliphatic rings. The molecule has 0 bridgehead atoms. The number of hydrogen-bond acceptors (Lipinski definition) is 5. The van der Waals surface area contributed by atoms with Gasteiger partial charge in [-0.3, -0.25) is 4.79 Å². The molecule has 0 aromatic heterocycles. The summed E-state index contributed by atoms with van der Waals surface area (Å²) in [5.74, 6) is 1.08. The maximum atomic E-state index is 13.3. The molecule has 0 saturated heterocycles. The van der Waals surface area contributed by atoms with E-state index in [4.69, 9.17) is 9.47 Å². The van der Waals surface area contributed by atoms with Crippen LogP contribution in [-0.2, 0) is 11.2 Å². The van der Waals surface area contributed by atoms with Crippen molar-refractivity contribution in [2.24, 2.45) is 0 Å². The second-order valence-corrected chi connectivity index (χ2v) is 8.21. The predicted molar refractivity (Wildman–Crippen MR) is 143 cm³/mol. The first-order valence-corrected chi connectivity index (χ1v) is 12.3. The summed E-state index contributed by atoms with van der Waals surface area (Å²) in [6.07, 6.45) is 0.971. The highest BCUT2D eigenvalue weighted by Gasteiger charge is 2.30. The van der Waals surface area contributed by atoms with E-state index >= 15 is 0 Å². The molecule has 3 aromatic carbocycles. The SMILES string of the molecule is CCNCCc1ccc(NC(=C2C(=O)Nc3cc(OCC)c(OCC)cc32)c2ccccc2)cc1. The molecule has 35 heavy (non-hydrogen) atoms. The summed E-state index contributed by atoms with van der Waals surface area (Å²) in [5, 5.41) is 9.89. The minimum atomic E-state index is -0.162. The molecule has 0 atom stereocenters. The first-order chi connectivity index (χ1) is 17.1. The van der Waals surface area contributed by atoms with E-state index in [1.54, 1.807) is 0 Å². The van der Waals surface area contributed by atoms with Gasteiger partial charge in [0.1, 0.15) is 0 Å². The molecular weight excluding hydrogens is 438 g/mol. The van der Waals surface area contributed by atoms with Crippen molar-refractivity contribution in [2.75, 3.05) is 36.9 Å². The second-order valence-electron chi connectivity index (χ2n) is 8.21. The van der Waals surface area contributed by atoms with Crippen LogP contribution in [0.5, 0.6) is 11.5 Å². The van der Waals surface area contributed by atoms with Crippen LogP contribution < -0.4 is 25.4 Å². The molecule has 0 fully saturated rings. The Hall–Kier alpha value is -3.77. The topological polar surface area (TPSA) is 71.6 Å². The number of carbonyl (C=O) groups excluding carboxylic acids is 1. The van der Waals surface area contributed by atoms with Crippen LogP contribution in [0, 0.1) is 0 Å². The molecule has 1 amide bonds. The summed E-state index contributed by atoms with van der Waals surface area (Å²) in [5.41, 5.74) is 5.93. The highest BCUT2D eigenvalue weighted by atomic mass is 16.5. The largest absolute Gasteiger partial charge is 0.490 e. The molecule has 0 saturated carbocycles. The Labute approximate surface area is 207 Å². The van der Waals surface area contributed by atoms with Gasteiger partial charge < -0.3 is 25.4 Å². The zero-order valence-corrected chi connectivity index (χ0v) is 20.6. The van der Waals surface area contributed by atoms with Gasteiger partial charge in [-0.15, -0.1) is 0 Å². The molecule has 3 aromatic rings. The number of rotatable bonds is 11. The summed E-state index contributed by atoms with van der Waals surface area (Å²) < 4.78 is 11.6. The van der Waals surface area contributed by atoms with Crippen molar-refractivity contribution in [3.63, 3.8) is 0 Å². The zero-order valence-electron chi connectivity index (χ0n) is 20.6.